The quantitative estimate of drug-likeness (QED) is 0.487. The number of anilines is 1. The molecule has 162 valence electrons. The molecule has 7 nitrogen and oxygen atoms in total. The standard InChI is InChI=1S/C25H24N4O3/c1-25(2,3)17-10-8-15(9-11-17)23(30)26-22-18-13-29(14-19(18)27-28-22)24(31)21-12-16-6-4-5-7-20(16)32-21/h4-12H,13-14H2,1-3H3,(H2,26,27,28,30). The van der Waals surface area contributed by atoms with Gasteiger partial charge in [0.25, 0.3) is 11.8 Å². The molecule has 0 spiro atoms. The van der Waals surface area contributed by atoms with Crippen molar-refractivity contribution in [2.24, 2.45) is 0 Å². The van der Waals surface area contributed by atoms with Crippen LogP contribution in [0.4, 0.5) is 5.82 Å². The van der Waals surface area contributed by atoms with Crippen molar-refractivity contribution < 1.29 is 14.0 Å². The molecule has 3 heterocycles. The van der Waals surface area contributed by atoms with Crippen LogP contribution in [0.2, 0.25) is 0 Å². The van der Waals surface area contributed by atoms with E-state index in [0.29, 0.717) is 35.8 Å². The van der Waals surface area contributed by atoms with Crippen LogP contribution in [-0.4, -0.2) is 26.9 Å². The number of furan rings is 1. The summed E-state index contributed by atoms with van der Waals surface area (Å²) in [6.45, 7) is 7.11. The van der Waals surface area contributed by atoms with E-state index < -0.39 is 0 Å². The van der Waals surface area contributed by atoms with Crippen LogP contribution in [0.1, 0.15) is 58.5 Å². The minimum atomic E-state index is -0.223. The van der Waals surface area contributed by atoms with Crippen molar-refractivity contribution in [2.75, 3.05) is 5.32 Å². The Morgan fingerprint density at radius 2 is 1.81 bits per heavy atom. The summed E-state index contributed by atoms with van der Waals surface area (Å²) in [6.07, 6.45) is 0. The smallest absolute Gasteiger partial charge is 0.290 e. The Kier molecular flexibility index (Phi) is 4.62. The minimum absolute atomic E-state index is 0.0229. The predicted octanol–water partition coefficient (Wildman–Crippen LogP) is 4.86. The second-order valence-electron chi connectivity index (χ2n) is 9.12. The molecular weight excluding hydrogens is 404 g/mol. The molecule has 1 aliphatic heterocycles. The Labute approximate surface area is 185 Å². The summed E-state index contributed by atoms with van der Waals surface area (Å²) in [4.78, 5) is 27.4. The molecule has 1 aliphatic rings. The van der Waals surface area contributed by atoms with E-state index in [2.05, 4.69) is 36.3 Å². The number of H-pyrrole nitrogens is 1. The molecule has 32 heavy (non-hydrogen) atoms. The molecular formula is C25H24N4O3. The van der Waals surface area contributed by atoms with Crippen molar-refractivity contribution >= 4 is 28.6 Å². The van der Waals surface area contributed by atoms with Gasteiger partial charge in [0.1, 0.15) is 11.4 Å². The molecule has 0 fully saturated rings. The lowest BCUT2D eigenvalue weighted by molar-refractivity contribution is 0.0720. The number of aromatic nitrogens is 2. The molecule has 2 amide bonds. The number of nitrogens with one attached hydrogen (secondary N) is 2. The third-order valence-corrected chi connectivity index (χ3v) is 5.82. The number of hydrogen-bond acceptors (Lipinski definition) is 4. The number of carbonyl (C=O) groups excluding carboxylic acids is 2. The average molecular weight is 428 g/mol. The van der Waals surface area contributed by atoms with Gasteiger partial charge >= 0.3 is 0 Å². The number of carbonyl (C=O) groups is 2. The Morgan fingerprint density at radius 3 is 2.53 bits per heavy atom. The molecule has 0 atom stereocenters. The molecule has 7 heteroatoms. The van der Waals surface area contributed by atoms with Crippen LogP contribution in [0.5, 0.6) is 0 Å². The molecule has 0 saturated heterocycles. The summed E-state index contributed by atoms with van der Waals surface area (Å²) < 4.78 is 5.71. The molecule has 0 bridgehead atoms. The van der Waals surface area contributed by atoms with Crippen molar-refractivity contribution in [3.63, 3.8) is 0 Å². The van der Waals surface area contributed by atoms with Crippen LogP contribution in [0.3, 0.4) is 0 Å². The van der Waals surface area contributed by atoms with Crippen molar-refractivity contribution in [3.05, 3.63) is 82.7 Å². The fraction of sp³-hybridized carbons (Fsp3) is 0.240. The normalized spacial score (nSPS) is 13.4. The third-order valence-electron chi connectivity index (χ3n) is 5.82. The number of nitrogens with zero attached hydrogens (tertiary/aromatic N) is 2. The number of hydrogen-bond donors (Lipinski definition) is 2. The summed E-state index contributed by atoms with van der Waals surface area (Å²) >= 11 is 0. The predicted molar refractivity (Wildman–Crippen MR) is 121 cm³/mol. The van der Waals surface area contributed by atoms with Crippen molar-refractivity contribution in [1.29, 1.82) is 0 Å². The van der Waals surface area contributed by atoms with E-state index in [1.54, 1.807) is 11.0 Å². The molecule has 5 rings (SSSR count). The van der Waals surface area contributed by atoms with Crippen LogP contribution in [-0.2, 0) is 18.5 Å². The van der Waals surface area contributed by atoms with E-state index in [9.17, 15) is 9.59 Å². The monoisotopic (exact) mass is 428 g/mol. The maximum Gasteiger partial charge on any atom is 0.290 e. The number of para-hydroxylation sites is 1. The van der Waals surface area contributed by atoms with Gasteiger partial charge in [0, 0.05) is 16.5 Å². The van der Waals surface area contributed by atoms with Gasteiger partial charge in [0.05, 0.1) is 18.8 Å². The number of aromatic amines is 1. The maximum atomic E-state index is 13.0. The molecule has 0 aliphatic carbocycles. The van der Waals surface area contributed by atoms with E-state index in [1.807, 2.05) is 48.5 Å². The fourth-order valence-corrected chi connectivity index (χ4v) is 3.93. The summed E-state index contributed by atoms with van der Waals surface area (Å²) in [5.41, 5.74) is 3.99. The Morgan fingerprint density at radius 1 is 1.06 bits per heavy atom. The van der Waals surface area contributed by atoms with Crippen LogP contribution in [0, 0.1) is 0 Å². The van der Waals surface area contributed by atoms with Gasteiger partial charge in [-0.15, -0.1) is 0 Å². The zero-order valence-corrected chi connectivity index (χ0v) is 18.2. The van der Waals surface area contributed by atoms with Crippen molar-refractivity contribution in [3.8, 4) is 0 Å². The highest BCUT2D eigenvalue weighted by Crippen LogP contribution is 2.30. The van der Waals surface area contributed by atoms with Crippen molar-refractivity contribution in [1.82, 2.24) is 15.1 Å². The molecule has 0 radical (unpaired) electrons. The van der Waals surface area contributed by atoms with Gasteiger partial charge in [-0.2, -0.15) is 5.10 Å². The van der Waals surface area contributed by atoms with Gasteiger partial charge in [0.15, 0.2) is 5.76 Å². The second-order valence-corrected chi connectivity index (χ2v) is 9.12. The zero-order chi connectivity index (χ0) is 22.5. The summed E-state index contributed by atoms with van der Waals surface area (Å²) in [5, 5.41) is 11.0. The van der Waals surface area contributed by atoms with Gasteiger partial charge in [-0.05, 0) is 35.2 Å². The zero-order valence-electron chi connectivity index (χ0n) is 18.2. The summed E-state index contributed by atoms with van der Waals surface area (Å²) in [7, 11) is 0. The molecule has 0 saturated carbocycles. The molecule has 4 aromatic rings. The largest absolute Gasteiger partial charge is 0.451 e. The van der Waals surface area contributed by atoms with E-state index in [-0.39, 0.29) is 17.2 Å². The molecule has 2 aromatic heterocycles. The van der Waals surface area contributed by atoms with Crippen molar-refractivity contribution in [2.45, 2.75) is 39.3 Å². The Hall–Kier alpha value is -3.87. The molecule has 2 N–H and O–H groups in total. The van der Waals surface area contributed by atoms with Gasteiger partial charge in [-0.25, -0.2) is 0 Å². The number of rotatable bonds is 3. The molecule has 0 unspecified atom stereocenters. The van der Waals surface area contributed by atoms with Gasteiger partial charge < -0.3 is 14.6 Å². The molecule has 2 aromatic carbocycles. The van der Waals surface area contributed by atoms with Crippen LogP contribution in [0.25, 0.3) is 11.0 Å². The first kappa shape index (κ1) is 20.1. The van der Waals surface area contributed by atoms with E-state index in [0.717, 1.165) is 22.2 Å². The fourth-order valence-electron chi connectivity index (χ4n) is 3.93. The highest BCUT2D eigenvalue weighted by Gasteiger charge is 2.31. The number of benzene rings is 2. The number of amides is 2. The lowest BCUT2D eigenvalue weighted by Gasteiger charge is -2.19. The van der Waals surface area contributed by atoms with Gasteiger partial charge in [-0.3, -0.25) is 14.7 Å². The first-order valence-electron chi connectivity index (χ1n) is 10.6. The second kappa shape index (κ2) is 7.37. The van der Waals surface area contributed by atoms with Crippen LogP contribution >= 0.6 is 0 Å². The van der Waals surface area contributed by atoms with Crippen LogP contribution in [0.15, 0.2) is 59.0 Å². The van der Waals surface area contributed by atoms with E-state index >= 15 is 0 Å². The van der Waals surface area contributed by atoms with Gasteiger partial charge in [0.2, 0.25) is 0 Å². The minimum Gasteiger partial charge on any atom is -0.451 e. The van der Waals surface area contributed by atoms with E-state index in [4.69, 9.17) is 4.42 Å². The maximum absolute atomic E-state index is 13.0. The summed E-state index contributed by atoms with van der Waals surface area (Å²) in [6, 6.07) is 16.9. The SMILES string of the molecule is CC(C)(C)c1ccc(C(=O)Nc2[nH]nc3c2CN(C(=O)c2cc4ccccc4o2)C3)cc1. The average Bonchev–Trinajstić information content (AvgIpc) is 3.47. The van der Waals surface area contributed by atoms with Crippen LogP contribution < -0.4 is 5.32 Å². The first-order valence-corrected chi connectivity index (χ1v) is 10.6. The van der Waals surface area contributed by atoms with E-state index in [1.165, 1.54) is 0 Å². The highest BCUT2D eigenvalue weighted by molar-refractivity contribution is 6.04. The Balaban J connectivity index is 1.30. The highest BCUT2D eigenvalue weighted by atomic mass is 16.3. The topological polar surface area (TPSA) is 91.2 Å². The first-order chi connectivity index (χ1) is 15.3. The summed E-state index contributed by atoms with van der Waals surface area (Å²) in [5.74, 6) is 0.392. The lowest BCUT2D eigenvalue weighted by Crippen LogP contribution is -2.25. The lowest BCUT2D eigenvalue weighted by atomic mass is 9.87. The number of fused-ring (bicyclic) bond motifs is 2. The Bertz CT molecular complexity index is 1290. The third kappa shape index (κ3) is 3.56. The van der Waals surface area contributed by atoms with Gasteiger partial charge in [-0.1, -0.05) is 51.1 Å².